The number of nitrogens with zero attached hydrogens (tertiary/aromatic N) is 2. The van der Waals surface area contributed by atoms with Crippen molar-refractivity contribution in [2.45, 2.75) is 19.3 Å². The van der Waals surface area contributed by atoms with Gasteiger partial charge < -0.3 is 0 Å². The van der Waals surface area contributed by atoms with Crippen LogP contribution in [0.5, 0.6) is 0 Å². The second-order valence-corrected chi connectivity index (χ2v) is 7.16. The van der Waals surface area contributed by atoms with Crippen LogP contribution in [0.1, 0.15) is 25.2 Å². The van der Waals surface area contributed by atoms with Crippen molar-refractivity contribution in [3.8, 4) is 22.3 Å². The second-order valence-electron chi connectivity index (χ2n) is 7.16. The maximum atomic E-state index is 4.80. The summed E-state index contributed by atoms with van der Waals surface area (Å²) in [5.74, 6) is 0. The Kier molecular flexibility index (Phi) is 6.19. The molecule has 0 atom stereocenters. The summed E-state index contributed by atoms with van der Waals surface area (Å²) in [6.07, 6.45) is 3.74. The first-order valence-corrected chi connectivity index (χ1v) is 9.20. The van der Waals surface area contributed by atoms with Gasteiger partial charge in [-0.25, -0.2) is 0 Å². The van der Waals surface area contributed by atoms with E-state index in [0.717, 1.165) is 22.5 Å². The summed E-state index contributed by atoms with van der Waals surface area (Å²) >= 11 is 0. The molecule has 0 spiro atoms. The maximum absolute atomic E-state index is 4.80. The molecule has 0 saturated carbocycles. The van der Waals surface area contributed by atoms with Gasteiger partial charge in [0.25, 0.3) is 0 Å². The Morgan fingerprint density at radius 3 is 1.32 bits per heavy atom. The summed E-state index contributed by atoms with van der Waals surface area (Å²) in [6.45, 7) is 4.41. The van der Waals surface area contributed by atoms with E-state index in [9.17, 15) is 0 Å². The average molecular weight is 457 g/mol. The van der Waals surface area contributed by atoms with Gasteiger partial charge in [0, 0.05) is 23.5 Å². The van der Waals surface area contributed by atoms with Crippen molar-refractivity contribution in [2.75, 3.05) is 0 Å². The molecule has 0 saturated heterocycles. The molecule has 4 aromatic rings. The molecule has 140 valence electrons. The quantitative estimate of drug-likeness (QED) is 0.345. The molecule has 28 heavy (non-hydrogen) atoms. The zero-order valence-corrected chi connectivity index (χ0v) is 17.5. The Labute approximate surface area is 180 Å². The number of benzene rings is 2. The smallest absolute Gasteiger partial charge is 0.260 e. The molecule has 0 unspecified atom stereocenters. The van der Waals surface area contributed by atoms with Crippen LogP contribution in [0, 0.1) is 0 Å². The third kappa shape index (κ3) is 3.83. The SMILES string of the molecule is CC(C)(c1ncccc1-c1ccccc1)c1ncccc1-c1ccccc1.[Pd+2]. The molecule has 0 aliphatic rings. The van der Waals surface area contributed by atoms with Gasteiger partial charge in [-0.3, -0.25) is 9.97 Å². The molecule has 0 radical (unpaired) electrons. The fourth-order valence-corrected chi connectivity index (χ4v) is 3.62. The molecule has 2 heterocycles. The third-order valence-electron chi connectivity index (χ3n) is 4.97. The molecule has 0 amide bonds. The van der Waals surface area contributed by atoms with E-state index >= 15 is 0 Å². The molecular weight excluding hydrogens is 435 g/mol. The predicted octanol–water partition coefficient (Wildman–Crippen LogP) is 6.13. The molecule has 4 rings (SSSR count). The van der Waals surface area contributed by atoms with Crippen molar-refractivity contribution >= 4 is 0 Å². The van der Waals surface area contributed by atoms with Crippen molar-refractivity contribution in [2.24, 2.45) is 0 Å². The molecule has 2 nitrogen and oxygen atoms in total. The normalized spacial score (nSPS) is 10.9. The summed E-state index contributed by atoms with van der Waals surface area (Å²) in [5, 5.41) is 0. The Bertz CT molecular complexity index is 959. The fourth-order valence-electron chi connectivity index (χ4n) is 3.62. The minimum atomic E-state index is -0.348. The van der Waals surface area contributed by atoms with Gasteiger partial charge in [0.15, 0.2) is 0 Å². The van der Waals surface area contributed by atoms with Crippen LogP contribution >= 0.6 is 0 Å². The van der Waals surface area contributed by atoms with Crippen molar-refractivity contribution in [3.05, 3.63) is 109 Å². The van der Waals surface area contributed by atoms with Gasteiger partial charge in [0.2, 0.25) is 0 Å². The summed E-state index contributed by atoms with van der Waals surface area (Å²) < 4.78 is 0. The van der Waals surface area contributed by atoms with E-state index in [0.29, 0.717) is 0 Å². The van der Waals surface area contributed by atoms with E-state index in [1.807, 2.05) is 36.7 Å². The molecule has 2 aromatic heterocycles. The van der Waals surface area contributed by atoms with Crippen LogP contribution in [-0.2, 0) is 25.8 Å². The summed E-state index contributed by atoms with van der Waals surface area (Å²) in [7, 11) is 0. The number of pyridine rings is 2. The van der Waals surface area contributed by atoms with Crippen LogP contribution in [0.2, 0.25) is 0 Å². The van der Waals surface area contributed by atoms with E-state index in [4.69, 9.17) is 9.97 Å². The zero-order chi connectivity index (χ0) is 18.7. The Morgan fingerprint density at radius 2 is 0.929 bits per heavy atom. The van der Waals surface area contributed by atoms with Gasteiger partial charge in [-0.1, -0.05) is 72.8 Å². The molecule has 0 N–H and O–H groups in total. The Balaban J connectivity index is 0.00000225. The van der Waals surface area contributed by atoms with E-state index in [1.165, 1.54) is 11.1 Å². The van der Waals surface area contributed by atoms with Crippen molar-refractivity contribution in [1.82, 2.24) is 9.97 Å². The van der Waals surface area contributed by atoms with E-state index in [2.05, 4.69) is 74.5 Å². The average Bonchev–Trinajstić information content (AvgIpc) is 2.75. The van der Waals surface area contributed by atoms with Crippen molar-refractivity contribution in [3.63, 3.8) is 0 Å². The second kappa shape index (κ2) is 8.61. The maximum Gasteiger partial charge on any atom is 2.00 e. The number of hydrogen-bond acceptors (Lipinski definition) is 2. The first-order chi connectivity index (χ1) is 13.2. The van der Waals surface area contributed by atoms with Crippen molar-refractivity contribution < 1.29 is 20.4 Å². The summed E-state index contributed by atoms with van der Waals surface area (Å²) in [6, 6.07) is 29.1. The van der Waals surface area contributed by atoms with Gasteiger partial charge in [0.1, 0.15) is 0 Å². The first-order valence-electron chi connectivity index (χ1n) is 9.20. The van der Waals surface area contributed by atoms with E-state index in [1.54, 1.807) is 0 Å². The molecule has 0 aliphatic heterocycles. The molecule has 0 aliphatic carbocycles. The largest absolute Gasteiger partial charge is 2.00 e. The Hall–Kier alpha value is -2.60. The predicted molar refractivity (Wildman–Crippen MR) is 111 cm³/mol. The van der Waals surface area contributed by atoms with Crippen LogP contribution in [0.25, 0.3) is 22.3 Å². The van der Waals surface area contributed by atoms with Gasteiger partial charge in [-0.15, -0.1) is 0 Å². The Morgan fingerprint density at radius 1 is 0.536 bits per heavy atom. The first kappa shape index (κ1) is 20.1. The van der Waals surface area contributed by atoms with Gasteiger partial charge in [-0.2, -0.15) is 0 Å². The number of rotatable bonds is 4. The number of aromatic nitrogens is 2. The molecule has 0 fully saturated rings. The van der Waals surface area contributed by atoms with Crippen LogP contribution < -0.4 is 0 Å². The topological polar surface area (TPSA) is 25.8 Å². The van der Waals surface area contributed by atoms with Gasteiger partial charge in [-0.05, 0) is 37.1 Å². The zero-order valence-electron chi connectivity index (χ0n) is 15.9. The summed E-state index contributed by atoms with van der Waals surface area (Å²) in [5.41, 5.74) is 6.36. The van der Waals surface area contributed by atoms with E-state index in [-0.39, 0.29) is 25.8 Å². The fraction of sp³-hybridized carbons (Fsp3) is 0.120. The molecule has 0 bridgehead atoms. The van der Waals surface area contributed by atoms with Crippen LogP contribution in [0.4, 0.5) is 0 Å². The monoisotopic (exact) mass is 456 g/mol. The van der Waals surface area contributed by atoms with Crippen LogP contribution in [0.15, 0.2) is 97.3 Å². The van der Waals surface area contributed by atoms with E-state index < -0.39 is 0 Å². The summed E-state index contributed by atoms with van der Waals surface area (Å²) in [4.78, 5) is 9.60. The van der Waals surface area contributed by atoms with Gasteiger partial charge >= 0.3 is 20.4 Å². The molecule has 3 heteroatoms. The van der Waals surface area contributed by atoms with Crippen molar-refractivity contribution in [1.29, 1.82) is 0 Å². The standard InChI is InChI=1S/C25H22N2.Pd/c1-25(2,23-21(15-9-17-26-23)19-11-5-3-6-12-19)24-22(16-10-18-27-24)20-13-7-4-8-14-20;/h3-18H,1-2H3;/q;+2. The minimum Gasteiger partial charge on any atom is -0.260 e. The van der Waals surface area contributed by atoms with Gasteiger partial charge in [0.05, 0.1) is 16.8 Å². The number of hydrogen-bond donors (Lipinski definition) is 0. The molecule has 2 aromatic carbocycles. The van der Waals surface area contributed by atoms with Crippen LogP contribution in [0.3, 0.4) is 0 Å². The third-order valence-corrected chi connectivity index (χ3v) is 4.97. The molecular formula is C25H22N2Pd+2. The minimum absolute atomic E-state index is 0. The van der Waals surface area contributed by atoms with Crippen LogP contribution in [-0.4, -0.2) is 9.97 Å².